The van der Waals surface area contributed by atoms with Crippen LogP contribution in [0, 0.1) is 17.3 Å². The van der Waals surface area contributed by atoms with Crippen LogP contribution in [0.25, 0.3) is 0 Å². The third-order valence-corrected chi connectivity index (χ3v) is 4.94. The Morgan fingerprint density at radius 2 is 1.86 bits per heavy atom. The van der Waals surface area contributed by atoms with E-state index in [1.165, 1.54) is 19.3 Å². The standard InChI is InChI=1S/C12H18O2/c13-10-5-1-3-8-7-9-4-2-6-11(14)12(8,9)10/h8-10,13H,1-7H2. The topological polar surface area (TPSA) is 37.3 Å². The second-order valence-electron chi connectivity index (χ2n) is 5.32. The van der Waals surface area contributed by atoms with E-state index in [1.54, 1.807) is 0 Å². The van der Waals surface area contributed by atoms with Crippen LogP contribution in [0.5, 0.6) is 0 Å². The smallest absolute Gasteiger partial charge is 0.142 e. The second-order valence-corrected chi connectivity index (χ2v) is 5.32. The van der Waals surface area contributed by atoms with E-state index in [0.29, 0.717) is 17.6 Å². The van der Waals surface area contributed by atoms with Gasteiger partial charge in [0.05, 0.1) is 11.5 Å². The molecular weight excluding hydrogens is 176 g/mol. The first-order valence-corrected chi connectivity index (χ1v) is 5.97. The summed E-state index contributed by atoms with van der Waals surface area (Å²) in [4.78, 5) is 12.1. The molecule has 3 aliphatic carbocycles. The van der Waals surface area contributed by atoms with E-state index in [9.17, 15) is 9.90 Å². The van der Waals surface area contributed by atoms with Crippen molar-refractivity contribution in [2.45, 2.75) is 51.0 Å². The highest BCUT2D eigenvalue weighted by Gasteiger charge is 2.64. The van der Waals surface area contributed by atoms with Crippen LogP contribution in [-0.4, -0.2) is 17.0 Å². The Kier molecular flexibility index (Phi) is 1.79. The lowest BCUT2D eigenvalue weighted by molar-refractivity contribution is -0.192. The van der Waals surface area contributed by atoms with Gasteiger partial charge in [0.15, 0.2) is 0 Å². The van der Waals surface area contributed by atoms with Crippen LogP contribution < -0.4 is 0 Å². The number of hydrogen-bond acceptors (Lipinski definition) is 2. The highest BCUT2D eigenvalue weighted by molar-refractivity contribution is 5.88. The summed E-state index contributed by atoms with van der Waals surface area (Å²) in [5, 5.41) is 10.1. The maximum absolute atomic E-state index is 12.1. The average molecular weight is 194 g/mol. The van der Waals surface area contributed by atoms with E-state index in [1.807, 2.05) is 0 Å². The molecule has 3 fully saturated rings. The molecule has 3 aliphatic rings. The molecule has 0 aromatic heterocycles. The van der Waals surface area contributed by atoms with Crippen LogP contribution in [0.4, 0.5) is 0 Å². The Bertz CT molecular complexity index is 253. The van der Waals surface area contributed by atoms with Crippen molar-refractivity contribution in [1.82, 2.24) is 0 Å². The molecule has 0 aliphatic heterocycles. The van der Waals surface area contributed by atoms with Gasteiger partial charge in [-0.2, -0.15) is 0 Å². The van der Waals surface area contributed by atoms with E-state index in [-0.39, 0.29) is 11.5 Å². The summed E-state index contributed by atoms with van der Waals surface area (Å²) in [5.74, 6) is 1.45. The Balaban J connectivity index is 1.97. The fraction of sp³-hybridized carbons (Fsp3) is 0.917. The molecular formula is C12H18O2. The summed E-state index contributed by atoms with van der Waals surface area (Å²) in [6, 6.07) is 0. The van der Waals surface area contributed by atoms with Gasteiger partial charge in [-0.15, -0.1) is 0 Å². The van der Waals surface area contributed by atoms with Crippen molar-refractivity contribution < 1.29 is 9.90 Å². The maximum Gasteiger partial charge on any atom is 0.142 e. The van der Waals surface area contributed by atoms with Crippen molar-refractivity contribution in [1.29, 1.82) is 0 Å². The molecule has 0 heterocycles. The molecule has 2 nitrogen and oxygen atoms in total. The molecule has 3 saturated carbocycles. The van der Waals surface area contributed by atoms with Crippen molar-refractivity contribution in [3.05, 3.63) is 0 Å². The summed E-state index contributed by atoms with van der Waals surface area (Å²) in [5.41, 5.74) is -0.253. The lowest BCUT2D eigenvalue weighted by atomic mass is 9.42. The van der Waals surface area contributed by atoms with Crippen LogP contribution in [-0.2, 0) is 4.79 Å². The van der Waals surface area contributed by atoms with Crippen molar-refractivity contribution in [3.8, 4) is 0 Å². The highest BCUT2D eigenvalue weighted by atomic mass is 16.3. The van der Waals surface area contributed by atoms with Gasteiger partial charge in [0.25, 0.3) is 0 Å². The van der Waals surface area contributed by atoms with Gasteiger partial charge in [0, 0.05) is 6.42 Å². The van der Waals surface area contributed by atoms with Crippen LogP contribution in [0.3, 0.4) is 0 Å². The van der Waals surface area contributed by atoms with E-state index in [2.05, 4.69) is 0 Å². The molecule has 3 rings (SSSR count). The monoisotopic (exact) mass is 194 g/mol. The molecule has 0 aromatic rings. The minimum Gasteiger partial charge on any atom is -0.392 e. The largest absolute Gasteiger partial charge is 0.392 e. The number of rotatable bonds is 0. The summed E-state index contributed by atoms with van der Waals surface area (Å²) < 4.78 is 0. The normalized spacial score (nSPS) is 51.8. The van der Waals surface area contributed by atoms with Gasteiger partial charge < -0.3 is 5.11 Å². The average Bonchev–Trinajstić information content (AvgIpc) is 2.11. The minimum atomic E-state index is -0.312. The maximum atomic E-state index is 12.1. The van der Waals surface area contributed by atoms with Crippen molar-refractivity contribution in [2.75, 3.05) is 0 Å². The quantitative estimate of drug-likeness (QED) is 0.639. The Hall–Kier alpha value is -0.370. The van der Waals surface area contributed by atoms with Crippen molar-refractivity contribution in [3.63, 3.8) is 0 Å². The number of carbonyl (C=O) groups excluding carboxylic acids is 1. The molecule has 0 amide bonds. The lowest BCUT2D eigenvalue weighted by Crippen LogP contribution is -2.64. The van der Waals surface area contributed by atoms with Crippen molar-refractivity contribution >= 4 is 5.78 Å². The zero-order valence-electron chi connectivity index (χ0n) is 8.54. The highest BCUT2D eigenvalue weighted by Crippen LogP contribution is 2.63. The van der Waals surface area contributed by atoms with E-state index < -0.39 is 0 Å². The summed E-state index contributed by atoms with van der Waals surface area (Å²) in [6.07, 6.45) is 7.02. The Morgan fingerprint density at radius 3 is 2.57 bits per heavy atom. The Labute approximate surface area is 84.7 Å². The molecule has 1 spiro atoms. The number of carbonyl (C=O) groups is 1. The van der Waals surface area contributed by atoms with Crippen molar-refractivity contribution in [2.24, 2.45) is 17.3 Å². The summed E-state index contributed by atoms with van der Waals surface area (Å²) in [7, 11) is 0. The zero-order chi connectivity index (χ0) is 9.76. The predicted octanol–water partition coefficient (Wildman–Crippen LogP) is 1.91. The van der Waals surface area contributed by atoms with Crippen LogP contribution in [0.15, 0.2) is 0 Å². The first-order valence-electron chi connectivity index (χ1n) is 5.97. The first kappa shape index (κ1) is 8.90. The number of aliphatic hydroxyl groups is 1. The molecule has 14 heavy (non-hydrogen) atoms. The summed E-state index contributed by atoms with van der Waals surface area (Å²) >= 11 is 0. The second kappa shape index (κ2) is 2.82. The molecule has 1 N–H and O–H groups in total. The van der Waals surface area contributed by atoms with Crippen LogP contribution in [0.1, 0.15) is 44.9 Å². The van der Waals surface area contributed by atoms with Gasteiger partial charge in [-0.05, 0) is 43.9 Å². The van der Waals surface area contributed by atoms with Gasteiger partial charge in [-0.25, -0.2) is 0 Å². The molecule has 0 saturated heterocycles. The number of ketones is 1. The van der Waals surface area contributed by atoms with Gasteiger partial charge in [0.2, 0.25) is 0 Å². The van der Waals surface area contributed by atoms with E-state index in [4.69, 9.17) is 0 Å². The van der Waals surface area contributed by atoms with Gasteiger partial charge in [-0.3, -0.25) is 4.79 Å². The lowest BCUT2D eigenvalue weighted by Gasteiger charge is -2.62. The molecule has 0 bridgehead atoms. The molecule has 4 unspecified atom stereocenters. The SMILES string of the molecule is O=C1CCCC2CC3CCCC(O)C123. The fourth-order valence-electron chi connectivity index (χ4n) is 4.33. The van der Waals surface area contributed by atoms with Gasteiger partial charge >= 0.3 is 0 Å². The number of aliphatic hydroxyl groups excluding tert-OH is 1. The van der Waals surface area contributed by atoms with E-state index >= 15 is 0 Å². The molecule has 4 atom stereocenters. The number of Topliss-reactive ketones (excluding diaryl/α,β-unsaturated/α-hetero) is 1. The molecule has 0 radical (unpaired) electrons. The third kappa shape index (κ3) is 0.837. The van der Waals surface area contributed by atoms with E-state index in [0.717, 1.165) is 25.7 Å². The van der Waals surface area contributed by atoms with Crippen LogP contribution in [0.2, 0.25) is 0 Å². The van der Waals surface area contributed by atoms with Gasteiger partial charge in [-0.1, -0.05) is 6.42 Å². The summed E-state index contributed by atoms with van der Waals surface area (Å²) in [6.45, 7) is 0. The van der Waals surface area contributed by atoms with Crippen LogP contribution >= 0.6 is 0 Å². The molecule has 78 valence electrons. The fourth-order valence-corrected chi connectivity index (χ4v) is 4.33. The third-order valence-electron chi connectivity index (χ3n) is 4.94. The molecule has 0 aromatic carbocycles. The first-order chi connectivity index (χ1) is 6.76. The molecule has 2 heteroatoms. The minimum absolute atomic E-state index is 0.253. The van der Waals surface area contributed by atoms with Gasteiger partial charge in [0.1, 0.15) is 5.78 Å². The Morgan fingerprint density at radius 1 is 1.14 bits per heavy atom. The zero-order valence-corrected chi connectivity index (χ0v) is 8.54. The number of hydrogen-bond donors (Lipinski definition) is 1. The predicted molar refractivity (Wildman–Crippen MR) is 52.7 cm³/mol.